The zero-order valence-electron chi connectivity index (χ0n) is 12.4. The van der Waals surface area contributed by atoms with Gasteiger partial charge in [-0.15, -0.1) is 0 Å². The molecule has 2 atom stereocenters. The number of benzene rings is 1. The number of fused-ring (bicyclic) bond motifs is 1. The number of nitrogens with zero attached hydrogens (tertiary/aromatic N) is 1. The minimum absolute atomic E-state index is 0.121. The number of rotatable bonds is 5. The van der Waals surface area contributed by atoms with Gasteiger partial charge in [0, 0.05) is 37.6 Å². The van der Waals surface area contributed by atoms with Crippen molar-refractivity contribution in [1.29, 1.82) is 0 Å². The molecule has 3 rings (SSSR count). The summed E-state index contributed by atoms with van der Waals surface area (Å²) in [5, 5.41) is 3.38. The van der Waals surface area contributed by atoms with Gasteiger partial charge < -0.3 is 15.0 Å². The number of para-hydroxylation sites is 1. The number of thioether (sulfide) groups is 1. The molecule has 0 spiro atoms. The van der Waals surface area contributed by atoms with Crippen LogP contribution in [0.5, 0.6) is 0 Å². The smallest absolute Gasteiger partial charge is 0.245 e. The first-order valence-electron chi connectivity index (χ1n) is 7.51. The van der Waals surface area contributed by atoms with Crippen LogP contribution in [0.25, 0.3) is 0 Å². The van der Waals surface area contributed by atoms with E-state index >= 15 is 0 Å². The van der Waals surface area contributed by atoms with Crippen molar-refractivity contribution < 1.29 is 9.53 Å². The van der Waals surface area contributed by atoms with E-state index in [1.807, 2.05) is 34.9 Å². The Labute approximate surface area is 130 Å². The average molecular weight is 306 g/mol. The van der Waals surface area contributed by atoms with E-state index in [1.165, 1.54) is 5.56 Å². The topological polar surface area (TPSA) is 41.6 Å². The minimum Gasteiger partial charge on any atom is -0.383 e. The van der Waals surface area contributed by atoms with Crippen LogP contribution in [0.4, 0.5) is 5.69 Å². The Balaban J connectivity index is 1.69. The molecule has 2 unspecified atom stereocenters. The molecule has 1 amide bonds. The number of carbonyl (C=O) groups excluding carboxylic acids is 1. The fourth-order valence-electron chi connectivity index (χ4n) is 3.08. The van der Waals surface area contributed by atoms with Gasteiger partial charge in [0.25, 0.3) is 0 Å². The van der Waals surface area contributed by atoms with Crippen LogP contribution in [0.2, 0.25) is 0 Å². The zero-order chi connectivity index (χ0) is 14.7. The molecular formula is C16H22N2O2S. The molecule has 2 aliphatic rings. The van der Waals surface area contributed by atoms with Crippen LogP contribution in [-0.4, -0.2) is 54.7 Å². The Kier molecular flexibility index (Phi) is 4.70. The molecule has 0 radical (unpaired) electrons. The molecule has 0 aliphatic carbocycles. The van der Waals surface area contributed by atoms with Crippen LogP contribution in [0.15, 0.2) is 24.3 Å². The average Bonchev–Trinajstić information content (AvgIpc) is 3.16. The van der Waals surface area contributed by atoms with Gasteiger partial charge in [0.15, 0.2) is 0 Å². The summed E-state index contributed by atoms with van der Waals surface area (Å²) in [5.74, 6) is 2.42. The van der Waals surface area contributed by atoms with Crippen LogP contribution < -0.4 is 5.32 Å². The molecule has 4 nitrogen and oxygen atoms in total. The van der Waals surface area contributed by atoms with Crippen molar-refractivity contribution in [1.82, 2.24) is 4.90 Å². The lowest BCUT2D eigenvalue weighted by molar-refractivity contribution is -0.134. The summed E-state index contributed by atoms with van der Waals surface area (Å²) in [6, 6.07) is 8.43. The lowest BCUT2D eigenvalue weighted by Gasteiger charge is -2.30. The van der Waals surface area contributed by atoms with E-state index in [2.05, 4.69) is 11.4 Å². The van der Waals surface area contributed by atoms with Crippen LogP contribution in [0.1, 0.15) is 12.0 Å². The van der Waals surface area contributed by atoms with Gasteiger partial charge in [0.2, 0.25) is 5.91 Å². The Morgan fingerprint density at radius 3 is 3.05 bits per heavy atom. The lowest BCUT2D eigenvalue weighted by atomic mass is 10.1. The highest BCUT2D eigenvalue weighted by Gasteiger charge is 2.34. The third-order valence-electron chi connectivity index (χ3n) is 4.24. The lowest BCUT2D eigenvalue weighted by Crippen LogP contribution is -2.49. The molecule has 0 saturated carbocycles. The molecule has 1 aromatic carbocycles. The second-order valence-corrected chi connectivity index (χ2v) is 6.75. The van der Waals surface area contributed by atoms with Crippen LogP contribution in [0.3, 0.4) is 0 Å². The Bertz CT molecular complexity index is 478. The maximum absolute atomic E-state index is 12.9. The fourth-order valence-corrected chi connectivity index (χ4v) is 4.30. The van der Waals surface area contributed by atoms with Gasteiger partial charge in [0.1, 0.15) is 6.04 Å². The summed E-state index contributed by atoms with van der Waals surface area (Å²) < 4.78 is 5.19. The first-order valence-corrected chi connectivity index (χ1v) is 8.66. The van der Waals surface area contributed by atoms with Crippen molar-refractivity contribution >= 4 is 23.4 Å². The number of nitrogens with one attached hydrogen (secondary N) is 1. The predicted molar refractivity (Wildman–Crippen MR) is 86.9 cm³/mol. The highest BCUT2D eigenvalue weighted by molar-refractivity contribution is 7.99. The van der Waals surface area contributed by atoms with E-state index in [0.717, 1.165) is 30.0 Å². The summed E-state index contributed by atoms with van der Waals surface area (Å²) in [4.78, 5) is 14.9. The number of anilines is 1. The van der Waals surface area contributed by atoms with Crippen molar-refractivity contribution in [2.75, 3.05) is 37.1 Å². The van der Waals surface area contributed by atoms with E-state index in [-0.39, 0.29) is 11.9 Å². The monoisotopic (exact) mass is 306 g/mol. The molecule has 5 heteroatoms. The number of hydrogen-bond acceptors (Lipinski definition) is 4. The summed E-state index contributed by atoms with van der Waals surface area (Å²) in [6.45, 7) is 1.29. The molecule has 1 aromatic rings. The molecular weight excluding hydrogens is 284 g/mol. The minimum atomic E-state index is -0.121. The maximum Gasteiger partial charge on any atom is 0.245 e. The summed E-state index contributed by atoms with van der Waals surface area (Å²) >= 11 is 1.94. The Morgan fingerprint density at radius 2 is 2.33 bits per heavy atom. The van der Waals surface area contributed by atoms with Crippen molar-refractivity contribution in [2.24, 2.45) is 0 Å². The molecule has 0 bridgehead atoms. The van der Waals surface area contributed by atoms with E-state index in [1.54, 1.807) is 7.11 Å². The molecule has 0 aromatic heterocycles. The number of hydrogen-bond donors (Lipinski definition) is 1. The second-order valence-electron chi connectivity index (χ2n) is 5.60. The summed E-state index contributed by atoms with van der Waals surface area (Å²) in [6.07, 6.45) is 1.89. The van der Waals surface area contributed by atoms with Crippen molar-refractivity contribution in [3.8, 4) is 0 Å². The summed E-state index contributed by atoms with van der Waals surface area (Å²) in [5.41, 5.74) is 2.34. The Hall–Kier alpha value is -1.20. The van der Waals surface area contributed by atoms with Crippen LogP contribution >= 0.6 is 11.8 Å². The van der Waals surface area contributed by atoms with Gasteiger partial charge >= 0.3 is 0 Å². The van der Waals surface area contributed by atoms with Crippen LogP contribution in [-0.2, 0) is 16.0 Å². The largest absolute Gasteiger partial charge is 0.383 e. The first-order chi connectivity index (χ1) is 10.3. The molecule has 21 heavy (non-hydrogen) atoms. The third-order valence-corrected chi connectivity index (χ3v) is 5.38. The highest BCUT2D eigenvalue weighted by Crippen LogP contribution is 2.28. The van der Waals surface area contributed by atoms with Crippen LogP contribution in [0, 0.1) is 0 Å². The normalized spacial score (nSPS) is 23.7. The molecule has 1 N–H and O–H groups in total. The molecule has 1 fully saturated rings. The van der Waals surface area contributed by atoms with Crippen molar-refractivity contribution in [3.05, 3.63) is 29.8 Å². The maximum atomic E-state index is 12.9. The second kappa shape index (κ2) is 6.71. The number of ether oxygens (including phenoxy) is 1. The highest BCUT2D eigenvalue weighted by atomic mass is 32.2. The van der Waals surface area contributed by atoms with Gasteiger partial charge in [0.05, 0.1) is 6.61 Å². The zero-order valence-corrected chi connectivity index (χ0v) is 13.2. The summed E-state index contributed by atoms with van der Waals surface area (Å²) in [7, 11) is 1.69. The molecule has 1 saturated heterocycles. The molecule has 2 heterocycles. The van der Waals surface area contributed by atoms with E-state index < -0.39 is 0 Å². The number of amides is 1. The number of methoxy groups -OCH3 is 1. The predicted octanol–water partition coefficient (Wildman–Crippen LogP) is 2.00. The van der Waals surface area contributed by atoms with Gasteiger partial charge in [-0.1, -0.05) is 18.2 Å². The quantitative estimate of drug-likeness (QED) is 0.903. The molecule has 114 valence electrons. The number of carbonyl (C=O) groups is 1. The molecule has 2 aliphatic heterocycles. The third kappa shape index (κ3) is 3.19. The van der Waals surface area contributed by atoms with Crippen molar-refractivity contribution in [2.45, 2.75) is 24.9 Å². The SMILES string of the molecule is COCCN(C(=O)C1Cc2ccccc2N1)C1CCSC1. The fraction of sp³-hybridized carbons (Fsp3) is 0.562. The van der Waals surface area contributed by atoms with Gasteiger partial charge in [-0.05, 0) is 23.8 Å². The first kappa shape index (κ1) is 14.7. The van der Waals surface area contributed by atoms with E-state index in [4.69, 9.17) is 4.74 Å². The van der Waals surface area contributed by atoms with Gasteiger partial charge in [-0.25, -0.2) is 0 Å². The van der Waals surface area contributed by atoms with Crippen molar-refractivity contribution in [3.63, 3.8) is 0 Å². The van der Waals surface area contributed by atoms with Gasteiger partial charge in [-0.3, -0.25) is 4.79 Å². The van der Waals surface area contributed by atoms with E-state index in [0.29, 0.717) is 19.2 Å². The van der Waals surface area contributed by atoms with Gasteiger partial charge in [-0.2, -0.15) is 11.8 Å². The standard InChI is InChI=1S/C16H22N2O2S/c1-20-8-7-18(13-6-9-21-11-13)16(19)15-10-12-4-2-3-5-14(12)17-15/h2-5,13,15,17H,6-11H2,1H3. The Morgan fingerprint density at radius 1 is 1.48 bits per heavy atom. The van der Waals surface area contributed by atoms with E-state index in [9.17, 15) is 4.79 Å².